The number of aromatic nitrogens is 2. The van der Waals surface area contributed by atoms with E-state index in [-0.39, 0.29) is 18.9 Å². The molecule has 1 aliphatic heterocycles. The number of hydrogen-bond donors (Lipinski definition) is 2. The minimum atomic E-state index is -0.225. The number of fused-ring (bicyclic) bond motifs is 1. The van der Waals surface area contributed by atoms with Gasteiger partial charge in [0.05, 0.1) is 33.8 Å². The summed E-state index contributed by atoms with van der Waals surface area (Å²) in [7, 11) is 0. The van der Waals surface area contributed by atoms with Crippen LogP contribution >= 0.6 is 23.2 Å². The van der Waals surface area contributed by atoms with Gasteiger partial charge in [0.1, 0.15) is 6.23 Å². The molecule has 164 valence electrons. The summed E-state index contributed by atoms with van der Waals surface area (Å²) in [6.45, 7) is 0.613. The van der Waals surface area contributed by atoms with Gasteiger partial charge < -0.3 is 15.2 Å². The summed E-state index contributed by atoms with van der Waals surface area (Å²) in [6, 6.07) is 22.4. The van der Waals surface area contributed by atoms with Gasteiger partial charge in [-0.1, -0.05) is 77.8 Å². The van der Waals surface area contributed by atoms with Crippen molar-refractivity contribution >= 4 is 40.2 Å². The molecule has 5 nitrogen and oxygen atoms in total. The normalized spacial score (nSPS) is 18.3. The third-order valence-corrected chi connectivity index (χ3v) is 6.54. The molecule has 1 aromatic heterocycles. The summed E-state index contributed by atoms with van der Waals surface area (Å²) < 4.78 is 8.07. The Balaban J connectivity index is 1.41. The van der Waals surface area contributed by atoms with E-state index in [2.05, 4.69) is 41.7 Å². The van der Waals surface area contributed by atoms with E-state index in [1.165, 1.54) is 11.1 Å². The zero-order valence-corrected chi connectivity index (χ0v) is 18.9. The number of rotatable bonds is 6. The van der Waals surface area contributed by atoms with E-state index in [4.69, 9.17) is 32.9 Å². The molecule has 2 atom stereocenters. The predicted molar refractivity (Wildman–Crippen MR) is 129 cm³/mol. The molecule has 1 aliphatic rings. The highest BCUT2D eigenvalue weighted by atomic mass is 35.5. The van der Waals surface area contributed by atoms with Gasteiger partial charge in [0, 0.05) is 6.54 Å². The van der Waals surface area contributed by atoms with Crippen LogP contribution in [0.15, 0.2) is 66.7 Å². The average Bonchev–Trinajstić information content (AvgIpc) is 3.43. The quantitative estimate of drug-likeness (QED) is 0.349. The summed E-state index contributed by atoms with van der Waals surface area (Å²) in [4.78, 5) is 4.76. The van der Waals surface area contributed by atoms with Crippen molar-refractivity contribution in [1.82, 2.24) is 9.55 Å². The van der Waals surface area contributed by atoms with Crippen LogP contribution in [0.5, 0.6) is 0 Å². The minimum Gasteiger partial charge on any atom is -0.394 e. The van der Waals surface area contributed by atoms with Gasteiger partial charge in [0.2, 0.25) is 5.95 Å². The van der Waals surface area contributed by atoms with Gasteiger partial charge in [-0.2, -0.15) is 0 Å². The first-order valence-corrected chi connectivity index (χ1v) is 11.4. The van der Waals surface area contributed by atoms with E-state index in [9.17, 15) is 5.11 Å². The molecule has 0 bridgehead atoms. The lowest BCUT2D eigenvalue weighted by molar-refractivity contribution is -0.0195. The first-order valence-electron chi connectivity index (χ1n) is 10.6. The van der Waals surface area contributed by atoms with Crippen molar-refractivity contribution in [2.45, 2.75) is 31.7 Å². The molecule has 7 heteroatoms. The van der Waals surface area contributed by atoms with Crippen molar-refractivity contribution in [3.63, 3.8) is 0 Å². The first kappa shape index (κ1) is 21.3. The summed E-state index contributed by atoms with van der Waals surface area (Å²) >= 11 is 12.5. The number of hydrogen-bond acceptors (Lipinski definition) is 4. The number of aliphatic hydroxyl groups excluding tert-OH is 1. The van der Waals surface area contributed by atoms with E-state index in [0.29, 0.717) is 22.5 Å². The number of nitrogens with zero attached hydrogens (tertiary/aromatic N) is 2. The first-order chi connectivity index (χ1) is 15.6. The fraction of sp³-hybridized carbons (Fsp3) is 0.240. The van der Waals surface area contributed by atoms with Crippen molar-refractivity contribution in [2.24, 2.45) is 0 Å². The van der Waals surface area contributed by atoms with Crippen LogP contribution < -0.4 is 5.32 Å². The number of imidazole rings is 1. The van der Waals surface area contributed by atoms with Gasteiger partial charge in [-0.25, -0.2) is 4.98 Å². The van der Waals surface area contributed by atoms with Crippen LogP contribution in [0.4, 0.5) is 5.95 Å². The highest BCUT2D eigenvalue weighted by molar-refractivity contribution is 6.42. The Hall–Kier alpha value is -2.57. The zero-order valence-electron chi connectivity index (χ0n) is 17.3. The van der Waals surface area contributed by atoms with Gasteiger partial charge >= 0.3 is 0 Å². The molecule has 0 radical (unpaired) electrons. The van der Waals surface area contributed by atoms with Gasteiger partial charge in [-0.3, -0.25) is 4.57 Å². The predicted octanol–water partition coefficient (Wildman–Crippen LogP) is 6.29. The second kappa shape index (κ2) is 9.12. The van der Waals surface area contributed by atoms with Crippen LogP contribution in [0.3, 0.4) is 0 Å². The van der Waals surface area contributed by atoms with Gasteiger partial charge in [0.25, 0.3) is 0 Å². The number of benzene rings is 3. The Morgan fingerprint density at radius 3 is 2.41 bits per heavy atom. The Morgan fingerprint density at radius 1 is 0.969 bits per heavy atom. The van der Waals surface area contributed by atoms with Crippen LogP contribution in [0.1, 0.15) is 24.6 Å². The molecule has 1 saturated heterocycles. The van der Waals surface area contributed by atoms with E-state index < -0.39 is 0 Å². The Morgan fingerprint density at radius 2 is 1.69 bits per heavy atom. The maximum Gasteiger partial charge on any atom is 0.206 e. The standard InChI is InChI=1S/C25H23Cl2N3O2/c26-20-12-22-23(13-21(20)27)30(24-11-10-19(15-31)32-24)25(29-22)28-14-16-6-8-18(9-7-16)17-4-2-1-3-5-17/h1-9,12-13,19,24,31H,10-11,14-15H2,(H,28,29)/t19-,24+/m0/s1. The maximum absolute atomic E-state index is 9.50. The highest BCUT2D eigenvalue weighted by Crippen LogP contribution is 2.37. The van der Waals surface area contributed by atoms with Crippen molar-refractivity contribution < 1.29 is 9.84 Å². The second-order valence-electron chi connectivity index (χ2n) is 7.95. The maximum atomic E-state index is 9.50. The van der Waals surface area contributed by atoms with Crippen LogP contribution in [0.25, 0.3) is 22.2 Å². The van der Waals surface area contributed by atoms with E-state index >= 15 is 0 Å². The molecule has 0 saturated carbocycles. The SMILES string of the molecule is OC[C@@H]1CC[C@H](n2c(NCc3ccc(-c4ccccc4)cc3)nc3cc(Cl)c(Cl)cc32)O1. The molecular formula is C25H23Cl2N3O2. The highest BCUT2D eigenvalue weighted by Gasteiger charge is 2.29. The molecule has 2 N–H and O–H groups in total. The van der Waals surface area contributed by atoms with Crippen LogP contribution in [0.2, 0.25) is 10.0 Å². The number of anilines is 1. The summed E-state index contributed by atoms with van der Waals surface area (Å²) in [5.41, 5.74) is 5.11. The Bertz CT molecular complexity index is 1230. The number of halogens is 2. The molecule has 0 spiro atoms. The largest absolute Gasteiger partial charge is 0.394 e. The average molecular weight is 468 g/mol. The molecule has 0 unspecified atom stereocenters. The fourth-order valence-corrected chi connectivity index (χ4v) is 4.46. The van der Waals surface area contributed by atoms with Gasteiger partial charge in [-0.05, 0) is 41.7 Å². The molecule has 32 heavy (non-hydrogen) atoms. The van der Waals surface area contributed by atoms with Gasteiger partial charge in [-0.15, -0.1) is 0 Å². The third kappa shape index (κ3) is 4.21. The van der Waals surface area contributed by atoms with Crippen molar-refractivity contribution in [2.75, 3.05) is 11.9 Å². The summed E-state index contributed by atoms with van der Waals surface area (Å²) in [6.07, 6.45) is 1.19. The molecule has 1 fully saturated rings. The van der Waals surface area contributed by atoms with Crippen molar-refractivity contribution in [1.29, 1.82) is 0 Å². The molecule has 0 amide bonds. The van der Waals surface area contributed by atoms with Gasteiger partial charge in [0.15, 0.2) is 0 Å². The molecule has 0 aliphatic carbocycles. The van der Waals surface area contributed by atoms with Crippen molar-refractivity contribution in [3.05, 3.63) is 82.3 Å². The smallest absolute Gasteiger partial charge is 0.206 e. The van der Waals surface area contributed by atoms with E-state index in [0.717, 1.165) is 29.4 Å². The van der Waals surface area contributed by atoms with Crippen LogP contribution in [-0.4, -0.2) is 27.4 Å². The lowest BCUT2D eigenvalue weighted by atomic mass is 10.0. The number of nitrogens with one attached hydrogen (secondary N) is 1. The lowest BCUT2D eigenvalue weighted by Crippen LogP contribution is -2.16. The number of ether oxygens (including phenoxy) is 1. The molecular weight excluding hydrogens is 445 g/mol. The topological polar surface area (TPSA) is 59.3 Å². The third-order valence-electron chi connectivity index (χ3n) is 5.82. The Labute approximate surface area is 196 Å². The van der Waals surface area contributed by atoms with Crippen molar-refractivity contribution in [3.8, 4) is 11.1 Å². The zero-order chi connectivity index (χ0) is 22.1. The summed E-state index contributed by atoms with van der Waals surface area (Å²) in [5.74, 6) is 0.689. The molecule has 5 rings (SSSR count). The monoisotopic (exact) mass is 467 g/mol. The van der Waals surface area contributed by atoms with E-state index in [1.54, 1.807) is 6.07 Å². The fourth-order valence-electron chi connectivity index (χ4n) is 4.14. The molecule has 4 aromatic rings. The summed E-state index contributed by atoms with van der Waals surface area (Å²) in [5, 5.41) is 13.9. The van der Waals surface area contributed by atoms with E-state index in [1.807, 2.05) is 28.8 Å². The number of aliphatic hydroxyl groups is 1. The van der Waals surface area contributed by atoms with Crippen LogP contribution in [0, 0.1) is 0 Å². The Kier molecular flexibility index (Phi) is 6.07. The second-order valence-corrected chi connectivity index (χ2v) is 8.76. The molecule has 2 heterocycles. The molecule has 3 aromatic carbocycles. The lowest BCUT2D eigenvalue weighted by Gasteiger charge is -2.18. The minimum absolute atomic E-state index is 0.00619. The van der Waals surface area contributed by atoms with Crippen LogP contribution in [-0.2, 0) is 11.3 Å².